The molecule has 3 heteroatoms. The molecule has 0 aromatic heterocycles. The van der Waals surface area contributed by atoms with Crippen molar-refractivity contribution in [1.82, 2.24) is 0 Å². The molecular formula is C13H13NO2. The Morgan fingerprint density at radius 1 is 0.875 bits per heavy atom. The topological polar surface area (TPSA) is 49.3 Å². The summed E-state index contributed by atoms with van der Waals surface area (Å²) in [5.74, 6) is 0.322. The number of carbonyl (C=O) groups excluding carboxylic acids is 1. The number of carbonyl (C=O) groups is 1. The molecule has 1 amide bonds. The quantitative estimate of drug-likeness (QED) is 0.756. The molecule has 0 radical (unpaired) electrons. The minimum Gasteiger partial charge on any atom is -0.508 e. The molecule has 2 N–H and O–H groups in total. The summed E-state index contributed by atoms with van der Waals surface area (Å²) in [7, 11) is 0. The summed E-state index contributed by atoms with van der Waals surface area (Å²) in [5.41, 5.74) is 0.826. The molecule has 0 atom stereocenters. The zero-order valence-electron chi connectivity index (χ0n) is 8.71. The van der Waals surface area contributed by atoms with Gasteiger partial charge in [-0.2, -0.15) is 0 Å². The van der Waals surface area contributed by atoms with E-state index in [9.17, 15) is 4.79 Å². The molecule has 16 heavy (non-hydrogen) atoms. The molecule has 2 rings (SSSR count). The maximum absolute atomic E-state index is 9.86. The van der Waals surface area contributed by atoms with Crippen molar-refractivity contribution in [2.24, 2.45) is 0 Å². The summed E-state index contributed by atoms with van der Waals surface area (Å²) in [6.07, 6.45) is 0.662. The van der Waals surface area contributed by atoms with Gasteiger partial charge in [0.2, 0.25) is 6.41 Å². The summed E-state index contributed by atoms with van der Waals surface area (Å²) >= 11 is 0. The van der Waals surface area contributed by atoms with Crippen molar-refractivity contribution in [3.8, 4) is 5.75 Å². The van der Waals surface area contributed by atoms with Gasteiger partial charge >= 0.3 is 0 Å². The number of rotatable bonds is 2. The number of anilines is 1. The highest BCUT2D eigenvalue weighted by molar-refractivity contribution is 5.70. The molecule has 0 unspecified atom stereocenters. The molecule has 3 nitrogen and oxygen atoms in total. The Labute approximate surface area is 94.4 Å². The van der Waals surface area contributed by atoms with Gasteiger partial charge in [0.1, 0.15) is 5.75 Å². The first kappa shape index (κ1) is 11.8. The first-order valence-electron chi connectivity index (χ1n) is 4.82. The van der Waals surface area contributed by atoms with Gasteiger partial charge in [0.05, 0.1) is 0 Å². The van der Waals surface area contributed by atoms with E-state index in [2.05, 4.69) is 5.32 Å². The highest BCUT2D eigenvalue weighted by Gasteiger charge is 1.81. The second kappa shape index (κ2) is 7.06. The van der Waals surface area contributed by atoms with E-state index in [1.807, 2.05) is 36.4 Å². The van der Waals surface area contributed by atoms with Crippen molar-refractivity contribution in [2.45, 2.75) is 0 Å². The van der Waals surface area contributed by atoms with Crippen molar-refractivity contribution in [3.05, 3.63) is 60.7 Å². The van der Waals surface area contributed by atoms with Crippen LogP contribution in [0.2, 0.25) is 0 Å². The molecule has 0 saturated heterocycles. The number of benzene rings is 2. The van der Waals surface area contributed by atoms with Crippen LogP contribution in [-0.2, 0) is 4.79 Å². The summed E-state index contributed by atoms with van der Waals surface area (Å²) in [6, 6.07) is 18.0. The van der Waals surface area contributed by atoms with Crippen LogP contribution >= 0.6 is 0 Å². The molecule has 0 aliphatic heterocycles. The zero-order chi connectivity index (χ0) is 11.6. The monoisotopic (exact) mass is 215 g/mol. The minimum absolute atomic E-state index is 0.322. The summed E-state index contributed by atoms with van der Waals surface area (Å²) in [4.78, 5) is 9.86. The van der Waals surface area contributed by atoms with Gasteiger partial charge in [-0.3, -0.25) is 4.79 Å². The SMILES string of the molecule is O=CNc1ccccc1.Oc1ccccc1. The predicted molar refractivity (Wildman–Crippen MR) is 64.2 cm³/mol. The van der Waals surface area contributed by atoms with Crippen LogP contribution in [0.25, 0.3) is 0 Å². The van der Waals surface area contributed by atoms with Gasteiger partial charge in [0, 0.05) is 5.69 Å². The molecule has 0 saturated carbocycles. The van der Waals surface area contributed by atoms with Gasteiger partial charge in [-0.05, 0) is 24.3 Å². The fourth-order valence-electron chi connectivity index (χ4n) is 1.03. The molecule has 2 aromatic rings. The number of aromatic hydroxyl groups is 1. The van der Waals surface area contributed by atoms with Crippen LogP contribution in [0.4, 0.5) is 5.69 Å². The van der Waals surface area contributed by atoms with Crippen LogP contribution in [0.1, 0.15) is 0 Å². The van der Waals surface area contributed by atoms with Gasteiger partial charge < -0.3 is 10.4 Å². The standard InChI is InChI=1S/C7H7NO.C6H6O/c9-6-8-7-4-2-1-3-5-7;7-6-4-2-1-3-5-6/h1-6H,(H,8,9);1-5,7H. The number of hydrogen-bond donors (Lipinski definition) is 2. The van der Waals surface area contributed by atoms with E-state index in [0.29, 0.717) is 12.2 Å². The Morgan fingerprint density at radius 3 is 1.75 bits per heavy atom. The Kier molecular flexibility index (Phi) is 5.20. The second-order valence-electron chi connectivity index (χ2n) is 2.96. The molecule has 0 spiro atoms. The molecule has 0 fully saturated rings. The Balaban J connectivity index is 0.000000165. The lowest BCUT2D eigenvalue weighted by Crippen LogP contribution is -1.91. The van der Waals surface area contributed by atoms with Gasteiger partial charge in [0.25, 0.3) is 0 Å². The highest BCUT2D eigenvalue weighted by Crippen LogP contribution is 2.03. The van der Waals surface area contributed by atoms with Crippen LogP contribution < -0.4 is 5.32 Å². The summed E-state index contributed by atoms with van der Waals surface area (Å²) in [6.45, 7) is 0. The summed E-state index contributed by atoms with van der Waals surface area (Å²) < 4.78 is 0. The van der Waals surface area contributed by atoms with E-state index in [0.717, 1.165) is 5.69 Å². The van der Waals surface area contributed by atoms with Gasteiger partial charge in [-0.15, -0.1) is 0 Å². The van der Waals surface area contributed by atoms with Crippen molar-refractivity contribution < 1.29 is 9.90 Å². The number of phenols is 1. The van der Waals surface area contributed by atoms with Crippen LogP contribution in [0.5, 0.6) is 5.75 Å². The van der Waals surface area contributed by atoms with E-state index in [1.54, 1.807) is 24.3 Å². The lowest BCUT2D eigenvalue weighted by atomic mass is 10.3. The van der Waals surface area contributed by atoms with Crippen molar-refractivity contribution >= 4 is 12.1 Å². The molecule has 0 aliphatic rings. The van der Waals surface area contributed by atoms with Gasteiger partial charge in [-0.25, -0.2) is 0 Å². The summed E-state index contributed by atoms with van der Waals surface area (Å²) in [5, 5.41) is 11.2. The maximum Gasteiger partial charge on any atom is 0.211 e. The maximum atomic E-state index is 9.86. The third-order valence-corrected chi connectivity index (χ3v) is 1.76. The first-order valence-corrected chi connectivity index (χ1v) is 4.82. The smallest absolute Gasteiger partial charge is 0.211 e. The minimum atomic E-state index is 0.322. The Morgan fingerprint density at radius 2 is 1.38 bits per heavy atom. The number of amides is 1. The van der Waals surface area contributed by atoms with Crippen molar-refractivity contribution in [3.63, 3.8) is 0 Å². The fourth-order valence-corrected chi connectivity index (χ4v) is 1.03. The molecule has 0 heterocycles. The first-order chi connectivity index (χ1) is 7.83. The van der Waals surface area contributed by atoms with E-state index >= 15 is 0 Å². The molecule has 2 aromatic carbocycles. The van der Waals surface area contributed by atoms with Crippen LogP contribution in [-0.4, -0.2) is 11.5 Å². The van der Waals surface area contributed by atoms with E-state index in [-0.39, 0.29) is 0 Å². The van der Waals surface area contributed by atoms with Crippen molar-refractivity contribution in [2.75, 3.05) is 5.32 Å². The van der Waals surface area contributed by atoms with Crippen molar-refractivity contribution in [1.29, 1.82) is 0 Å². The van der Waals surface area contributed by atoms with Crippen LogP contribution in [0.15, 0.2) is 60.7 Å². The molecular weight excluding hydrogens is 202 g/mol. The Hall–Kier alpha value is -2.29. The molecule has 82 valence electrons. The number of phenolic OH excluding ortho intramolecular Hbond substituents is 1. The highest BCUT2D eigenvalue weighted by atomic mass is 16.3. The number of hydrogen-bond acceptors (Lipinski definition) is 2. The average molecular weight is 215 g/mol. The van der Waals surface area contributed by atoms with E-state index in [4.69, 9.17) is 5.11 Å². The van der Waals surface area contributed by atoms with Gasteiger partial charge in [0.15, 0.2) is 0 Å². The second-order valence-corrected chi connectivity index (χ2v) is 2.96. The normalized spacial score (nSPS) is 8.50. The molecule has 0 aliphatic carbocycles. The Bertz CT molecular complexity index is 401. The lowest BCUT2D eigenvalue weighted by molar-refractivity contribution is -0.105. The number of para-hydroxylation sites is 2. The third-order valence-electron chi connectivity index (χ3n) is 1.76. The van der Waals surface area contributed by atoms with Gasteiger partial charge in [-0.1, -0.05) is 36.4 Å². The lowest BCUT2D eigenvalue weighted by Gasteiger charge is -1.93. The van der Waals surface area contributed by atoms with E-state index < -0.39 is 0 Å². The van der Waals surface area contributed by atoms with Crippen LogP contribution in [0.3, 0.4) is 0 Å². The molecule has 0 bridgehead atoms. The van der Waals surface area contributed by atoms with Crippen LogP contribution in [0, 0.1) is 0 Å². The zero-order valence-corrected chi connectivity index (χ0v) is 8.71. The number of nitrogens with one attached hydrogen (secondary N) is 1. The largest absolute Gasteiger partial charge is 0.508 e. The fraction of sp³-hybridized carbons (Fsp3) is 0. The average Bonchev–Trinajstić information content (AvgIpc) is 2.33. The predicted octanol–water partition coefficient (Wildman–Crippen LogP) is 2.65. The van der Waals surface area contributed by atoms with E-state index in [1.165, 1.54) is 0 Å². The third kappa shape index (κ3) is 4.81.